The molecule has 5 nitrogen and oxygen atoms in total. The van der Waals surface area contributed by atoms with E-state index in [0.717, 1.165) is 0 Å². The minimum absolute atomic E-state index is 0.0392. The molecule has 1 aromatic heterocycles. The smallest absolute Gasteiger partial charge is 0.287 e. The average molecular weight is 280 g/mol. The lowest BCUT2D eigenvalue weighted by Crippen LogP contribution is -2.40. The molecule has 0 aliphatic heterocycles. The fraction of sp³-hybridized carbons (Fsp3) is 0.600. The quantitative estimate of drug-likeness (QED) is 0.803. The molecule has 0 aliphatic rings. The monoisotopic (exact) mass is 280 g/mol. The number of rotatable bonds is 7. The minimum Gasteiger partial charge on any atom is -0.459 e. The molecule has 5 heteroatoms. The summed E-state index contributed by atoms with van der Waals surface area (Å²) < 4.78 is 4.94. The third-order valence-corrected chi connectivity index (χ3v) is 3.40. The molecule has 0 fully saturated rings. The zero-order chi connectivity index (χ0) is 15.1. The summed E-state index contributed by atoms with van der Waals surface area (Å²) in [6.45, 7) is 9.18. The van der Waals surface area contributed by atoms with Crippen LogP contribution in [0.1, 0.15) is 38.2 Å². The second-order valence-electron chi connectivity index (χ2n) is 5.62. The van der Waals surface area contributed by atoms with Crippen LogP contribution in [0.2, 0.25) is 0 Å². The lowest BCUT2D eigenvalue weighted by Gasteiger charge is -2.25. The second kappa shape index (κ2) is 7.72. The molecule has 0 aromatic carbocycles. The lowest BCUT2D eigenvalue weighted by molar-refractivity contribution is -0.120. The largest absolute Gasteiger partial charge is 0.459 e. The lowest BCUT2D eigenvalue weighted by atomic mass is 9.85. The highest BCUT2D eigenvalue weighted by Gasteiger charge is 2.18. The van der Waals surface area contributed by atoms with Crippen molar-refractivity contribution in [1.82, 2.24) is 10.6 Å². The molecule has 0 atom stereocenters. The van der Waals surface area contributed by atoms with Crippen LogP contribution < -0.4 is 10.6 Å². The Morgan fingerprint density at radius 2 is 1.80 bits per heavy atom. The Balaban J connectivity index is 2.32. The van der Waals surface area contributed by atoms with Crippen molar-refractivity contribution in [3.63, 3.8) is 0 Å². The molecule has 2 amide bonds. The summed E-state index contributed by atoms with van der Waals surface area (Å²) in [7, 11) is 0. The highest BCUT2D eigenvalue weighted by Crippen LogP contribution is 2.19. The molecule has 2 N–H and O–H groups in total. The van der Waals surface area contributed by atoms with E-state index in [1.165, 1.54) is 6.26 Å². The first-order valence-electron chi connectivity index (χ1n) is 7.00. The summed E-state index contributed by atoms with van der Waals surface area (Å²) in [5.74, 6) is 1.09. The average Bonchev–Trinajstić information content (AvgIpc) is 2.89. The van der Waals surface area contributed by atoms with Gasteiger partial charge in [0.05, 0.1) is 12.8 Å². The number of hydrogen-bond acceptors (Lipinski definition) is 3. The minimum atomic E-state index is -0.380. The van der Waals surface area contributed by atoms with Crippen molar-refractivity contribution < 1.29 is 14.0 Å². The first kappa shape index (κ1) is 16.3. The summed E-state index contributed by atoms with van der Waals surface area (Å²) in [6.07, 6.45) is 1.42. The van der Waals surface area contributed by atoms with Crippen LogP contribution >= 0.6 is 0 Å². The zero-order valence-electron chi connectivity index (χ0n) is 12.6. The molecular weight excluding hydrogens is 256 g/mol. The fourth-order valence-electron chi connectivity index (χ4n) is 2.19. The maximum Gasteiger partial charge on any atom is 0.287 e. The van der Waals surface area contributed by atoms with Crippen LogP contribution in [-0.2, 0) is 4.79 Å². The van der Waals surface area contributed by atoms with Gasteiger partial charge in [-0.2, -0.15) is 0 Å². The van der Waals surface area contributed by atoms with Gasteiger partial charge in [-0.1, -0.05) is 27.7 Å². The molecule has 0 saturated heterocycles. The molecule has 20 heavy (non-hydrogen) atoms. The number of nitrogens with one attached hydrogen (secondary N) is 2. The Morgan fingerprint density at radius 1 is 1.15 bits per heavy atom. The first-order valence-corrected chi connectivity index (χ1v) is 7.00. The fourth-order valence-corrected chi connectivity index (χ4v) is 2.19. The van der Waals surface area contributed by atoms with Gasteiger partial charge in [-0.15, -0.1) is 0 Å². The molecule has 1 heterocycles. The van der Waals surface area contributed by atoms with Crippen LogP contribution in [0.5, 0.6) is 0 Å². The van der Waals surface area contributed by atoms with E-state index >= 15 is 0 Å². The Labute approximate surface area is 120 Å². The van der Waals surface area contributed by atoms with Crippen molar-refractivity contribution in [1.29, 1.82) is 0 Å². The van der Waals surface area contributed by atoms with Gasteiger partial charge in [-0.3, -0.25) is 9.59 Å². The van der Waals surface area contributed by atoms with Gasteiger partial charge in [0.15, 0.2) is 5.76 Å². The number of furan rings is 1. The third kappa shape index (κ3) is 5.07. The number of carbonyl (C=O) groups is 2. The van der Waals surface area contributed by atoms with Crippen LogP contribution in [0.3, 0.4) is 0 Å². The Bertz CT molecular complexity index is 416. The van der Waals surface area contributed by atoms with Crippen LogP contribution in [0, 0.1) is 17.8 Å². The second-order valence-corrected chi connectivity index (χ2v) is 5.62. The van der Waals surface area contributed by atoms with E-state index < -0.39 is 0 Å². The van der Waals surface area contributed by atoms with Gasteiger partial charge in [0.25, 0.3) is 5.91 Å². The maximum atomic E-state index is 11.7. The molecular formula is C15H24N2O3. The summed E-state index contributed by atoms with van der Waals surface area (Å²) in [6, 6.07) is 3.19. The summed E-state index contributed by atoms with van der Waals surface area (Å²) >= 11 is 0. The molecule has 1 rings (SSSR count). The number of carbonyl (C=O) groups excluding carboxylic acids is 2. The topological polar surface area (TPSA) is 71.3 Å². The van der Waals surface area contributed by atoms with Gasteiger partial charge in [0.1, 0.15) is 0 Å². The van der Waals surface area contributed by atoms with E-state index in [-0.39, 0.29) is 24.1 Å². The Morgan fingerprint density at radius 3 is 2.30 bits per heavy atom. The van der Waals surface area contributed by atoms with Gasteiger partial charge < -0.3 is 15.1 Å². The van der Waals surface area contributed by atoms with E-state index in [9.17, 15) is 9.59 Å². The molecule has 0 aliphatic carbocycles. The van der Waals surface area contributed by atoms with E-state index in [1.807, 2.05) is 0 Å². The zero-order valence-corrected chi connectivity index (χ0v) is 12.6. The highest BCUT2D eigenvalue weighted by atomic mass is 16.3. The molecule has 0 bridgehead atoms. The summed E-state index contributed by atoms with van der Waals surface area (Å²) in [4.78, 5) is 23.3. The van der Waals surface area contributed by atoms with Gasteiger partial charge in [0.2, 0.25) is 5.91 Å². The normalized spacial score (nSPS) is 11.2. The maximum absolute atomic E-state index is 11.7. The SMILES string of the molecule is CC(C)C(CNC(=O)CNC(=O)c1ccco1)C(C)C. The van der Waals surface area contributed by atoms with Gasteiger partial charge in [0, 0.05) is 6.54 Å². The van der Waals surface area contributed by atoms with Crippen molar-refractivity contribution in [2.75, 3.05) is 13.1 Å². The summed E-state index contributed by atoms with van der Waals surface area (Å²) in [5, 5.41) is 5.38. The van der Waals surface area contributed by atoms with Crippen LogP contribution in [0.4, 0.5) is 0 Å². The van der Waals surface area contributed by atoms with Crippen molar-refractivity contribution >= 4 is 11.8 Å². The van der Waals surface area contributed by atoms with Crippen LogP contribution in [0.15, 0.2) is 22.8 Å². The van der Waals surface area contributed by atoms with E-state index in [4.69, 9.17) is 4.42 Å². The van der Waals surface area contributed by atoms with E-state index in [1.54, 1.807) is 12.1 Å². The van der Waals surface area contributed by atoms with Crippen molar-refractivity contribution in [3.8, 4) is 0 Å². The van der Waals surface area contributed by atoms with Gasteiger partial charge >= 0.3 is 0 Å². The standard InChI is InChI=1S/C15H24N2O3/c1-10(2)12(11(3)4)8-16-14(18)9-17-15(19)13-6-5-7-20-13/h5-7,10-12H,8-9H2,1-4H3,(H,16,18)(H,17,19). The van der Waals surface area contributed by atoms with Crippen molar-refractivity contribution in [3.05, 3.63) is 24.2 Å². The third-order valence-electron chi connectivity index (χ3n) is 3.40. The first-order chi connectivity index (χ1) is 9.41. The van der Waals surface area contributed by atoms with Crippen LogP contribution in [0.25, 0.3) is 0 Å². The molecule has 0 saturated carbocycles. The van der Waals surface area contributed by atoms with Crippen molar-refractivity contribution in [2.45, 2.75) is 27.7 Å². The summed E-state index contributed by atoms with van der Waals surface area (Å²) in [5.41, 5.74) is 0. The molecule has 0 unspecified atom stereocenters. The predicted octanol–water partition coefficient (Wildman–Crippen LogP) is 2.05. The van der Waals surface area contributed by atoms with Gasteiger partial charge in [-0.05, 0) is 29.9 Å². The highest BCUT2D eigenvalue weighted by molar-refractivity contribution is 5.94. The molecule has 0 radical (unpaired) electrons. The number of hydrogen-bond donors (Lipinski definition) is 2. The van der Waals surface area contributed by atoms with E-state index in [0.29, 0.717) is 24.3 Å². The Hall–Kier alpha value is -1.78. The molecule has 1 aromatic rings. The van der Waals surface area contributed by atoms with Crippen molar-refractivity contribution in [2.24, 2.45) is 17.8 Å². The van der Waals surface area contributed by atoms with Crippen LogP contribution in [-0.4, -0.2) is 24.9 Å². The Kier molecular flexibility index (Phi) is 6.28. The predicted molar refractivity (Wildman–Crippen MR) is 77.2 cm³/mol. The van der Waals surface area contributed by atoms with E-state index in [2.05, 4.69) is 38.3 Å². The number of amides is 2. The molecule has 0 spiro atoms. The molecule has 112 valence electrons. The van der Waals surface area contributed by atoms with Gasteiger partial charge in [-0.25, -0.2) is 0 Å².